The van der Waals surface area contributed by atoms with Crippen molar-refractivity contribution in [3.63, 3.8) is 0 Å². The van der Waals surface area contributed by atoms with E-state index in [0.717, 1.165) is 71.7 Å². The monoisotopic (exact) mass is 459 g/mol. The van der Waals surface area contributed by atoms with Gasteiger partial charge in [0.05, 0.1) is 5.52 Å². The van der Waals surface area contributed by atoms with E-state index in [-0.39, 0.29) is 11.7 Å². The van der Waals surface area contributed by atoms with Crippen molar-refractivity contribution in [1.82, 2.24) is 14.7 Å². The van der Waals surface area contributed by atoms with Gasteiger partial charge in [-0.1, -0.05) is 17.7 Å². The minimum absolute atomic E-state index is 0.0961. The van der Waals surface area contributed by atoms with Gasteiger partial charge < -0.3 is 9.64 Å². The summed E-state index contributed by atoms with van der Waals surface area (Å²) in [4.78, 5) is 27.3. The molecule has 2 aromatic carbocycles. The summed E-state index contributed by atoms with van der Waals surface area (Å²) in [5, 5.41) is 5.75. The number of benzene rings is 2. The third-order valence-corrected chi connectivity index (χ3v) is 7.04. The van der Waals surface area contributed by atoms with Gasteiger partial charge in [-0.3, -0.25) is 14.3 Å². The van der Waals surface area contributed by atoms with Gasteiger partial charge in [0.2, 0.25) is 0 Å². The second kappa shape index (κ2) is 9.71. The summed E-state index contributed by atoms with van der Waals surface area (Å²) < 4.78 is 7.63. The topological polar surface area (TPSA) is 64.4 Å². The number of likely N-dealkylation sites (tertiary alicyclic amines) is 1. The highest BCUT2D eigenvalue weighted by Gasteiger charge is 2.31. The summed E-state index contributed by atoms with van der Waals surface area (Å²) in [6.45, 7) is 7.80. The van der Waals surface area contributed by atoms with Crippen molar-refractivity contribution in [2.24, 2.45) is 11.8 Å². The van der Waals surface area contributed by atoms with Crippen molar-refractivity contribution in [1.29, 1.82) is 0 Å². The lowest BCUT2D eigenvalue weighted by Gasteiger charge is -2.39. The Morgan fingerprint density at radius 2 is 1.79 bits per heavy atom. The zero-order chi connectivity index (χ0) is 23.7. The minimum Gasteiger partial charge on any atom is -0.381 e. The van der Waals surface area contributed by atoms with Gasteiger partial charge in [0, 0.05) is 67.9 Å². The van der Waals surface area contributed by atoms with Crippen LogP contribution in [-0.4, -0.2) is 52.7 Å². The fourth-order valence-corrected chi connectivity index (χ4v) is 4.67. The van der Waals surface area contributed by atoms with E-state index in [1.54, 1.807) is 0 Å². The molecule has 6 nitrogen and oxygen atoms in total. The minimum atomic E-state index is 0.0961. The van der Waals surface area contributed by atoms with Crippen molar-refractivity contribution in [3.05, 3.63) is 64.8 Å². The van der Waals surface area contributed by atoms with Gasteiger partial charge in [-0.2, -0.15) is 5.10 Å². The molecule has 178 valence electrons. The number of hydrogen-bond acceptors (Lipinski definition) is 4. The predicted octanol–water partition coefficient (Wildman–Crippen LogP) is 4.81. The van der Waals surface area contributed by atoms with Crippen LogP contribution >= 0.6 is 0 Å². The van der Waals surface area contributed by atoms with Crippen molar-refractivity contribution >= 4 is 22.6 Å². The fourth-order valence-electron chi connectivity index (χ4n) is 4.67. The molecule has 1 saturated heterocycles. The van der Waals surface area contributed by atoms with E-state index in [9.17, 15) is 9.59 Å². The first kappa shape index (κ1) is 22.8. The van der Waals surface area contributed by atoms with Crippen LogP contribution in [0.4, 0.5) is 0 Å². The molecule has 5 rings (SSSR count). The van der Waals surface area contributed by atoms with Crippen LogP contribution in [0.25, 0.3) is 10.9 Å². The Labute approximate surface area is 200 Å². The number of aryl methyl sites for hydroxylation is 2. The van der Waals surface area contributed by atoms with Crippen LogP contribution in [0.3, 0.4) is 0 Å². The van der Waals surface area contributed by atoms with E-state index in [2.05, 4.69) is 0 Å². The predicted molar refractivity (Wildman–Crippen MR) is 132 cm³/mol. The second-order valence-electron chi connectivity index (χ2n) is 10.0. The summed E-state index contributed by atoms with van der Waals surface area (Å²) >= 11 is 0. The second-order valence-corrected chi connectivity index (χ2v) is 10.0. The average Bonchev–Trinajstić information content (AvgIpc) is 3.53. The number of amides is 1. The van der Waals surface area contributed by atoms with E-state index < -0.39 is 0 Å². The van der Waals surface area contributed by atoms with Gasteiger partial charge in [-0.05, 0) is 68.9 Å². The molecule has 2 aliphatic rings. The van der Waals surface area contributed by atoms with Crippen LogP contribution < -0.4 is 0 Å². The molecule has 0 N–H and O–H groups in total. The average molecular weight is 460 g/mol. The number of ketones is 1. The number of carbonyl (C=O) groups excluding carboxylic acids is 2. The Bertz CT molecular complexity index is 1190. The first-order chi connectivity index (χ1) is 16.5. The molecule has 0 radical (unpaired) electrons. The molecule has 6 heteroatoms. The van der Waals surface area contributed by atoms with Crippen molar-refractivity contribution in [2.45, 2.75) is 46.1 Å². The molecule has 34 heavy (non-hydrogen) atoms. The lowest BCUT2D eigenvalue weighted by atomic mass is 9.98. The van der Waals surface area contributed by atoms with E-state index in [1.807, 2.05) is 66.0 Å². The molecule has 0 bridgehead atoms. The van der Waals surface area contributed by atoms with Gasteiger partial charge in [-0.25, -0.2) is 0 Å². The summed E-state index contributed by atoms with van der Waals surface area (Å²) in [6, 6.07) is 11.6. The van der Waals surface area contributed by atoms with Gasteiger partial charge in [0.25, 0.3) is 5.91 Å². The maximum atomic E-state index is 12.8. The van der Waals surface area contributed by atoms with Crippen molar-refractivity contribution in [3.8, 4) is 0 Å². The lowest BCUT2D eigenvalue weighted by molar-refractivity contribution is 0.0462. The van der Waals surface area contributed by atoms with E-state index in [1.165, 1.54) is 12.8 Å². The molecule has 1 aliphatic heterocycles. The summed E-state index contributed by atoms with van der Waals surface area (Å²) in [5.41, 5.74) is 4.59. The van der Waals surface area contributed by atoms with E-state index in [4.69, 9.17) is 9.84 Å². The van der Waals surface area contributed by atoms with Crippen LogP contribution in [0.2, 0.25) is 0 Å². The largest absolute Gasteiger partial charge is 0.381 e. The molecule has 0 spiro atoms. The van der Waals surface area contributed by atoms with E-state index in [0.29, 0.717) is 18.9 Å². The van der Waals surface area contributed by atoms with Crippen LogP contribution in [-0.2, 0) is 11.3 Å². The number of ether oxygens (including phenoxy) is 1. The molecule has 3 aromatic rings. The lowest BCUT2D eigenvalue weighted by Crippen LogP contribution is -2.51. The van der Waals surface area contributed by atoms with Gasteiger partial charge in [0.1, 0.15) is 0 Å². The SMILES string of the molecule is Cc1ccc(C(=O)N2CC(Cn3cc4c(C)c(C(=O)CCCOCC5CC5)ccc4n3)C2)cc1. The molecule has 2 fully saturated rings. The van der Waals surface area contributed by atoms with Crippen LogP contribution in [0.1, 0.15) is 57.5 Å². The molecule has 1 saturated carbocycles. The first-order valence-electron chi connectivity index (χ1n) is 12.4. The van der Waals surface area contributed by atoms with Crippen LogP contribution in [0.15, 0.2) is 42.6 Å². The molecule has 0 atom stereocenters. The molecule has 2 heterocycles. The molecule has 1 amide bonds. The smallest absolute Gasteiger partial charge is 0.253 e. The number of hydrogen-bond donors (Lipinski definition) is 0. The quantitative estimate of drug-likeness (QED) is 0.322. The fraction of sp³-hybridized carbons (Fsp3) is 0.464. The number of carbonyl (C=O) groups is 2. The highest BCUT2D eigenvalue weighted by atomic mass is 16.5. The van der Waals surface area contributed by atoms with Crippen molar-refractivity contribution in [2.75, 3.05) is 26.3 Å². The van der Waals surface area contributed by atoms with Crippen molar-refractivity contribution < 1.29 is 14.3 Å². The number of Topliss-reactive ketones (excluding diaryl/α,β-unsaturated/α-hetero) is 1. The number of rotatable bonds is 10. The van der Waals surface area contributed by atoms with Gasteiger partial charge >= 0.3 is 0 Å². The number of nitrogens with zero attached hydrogens (tertiary/aromatic N) is 3. The third kappa shape index (κ3) is 5.07. The van der Waals surface area contributed by atoms with Crippen LogP contribution in [0, 0.1) is 25.7 Å². The summed E-state index contributed by atoms with van der Waals surface area (Å²) in [6.07, 6.45) is 5.90. The highest BCUT2D eigenvalue weighted by Crippen LogP contribution is 2.29. The number of fused-ring (bicyclic) bond motifs is 1. The zero-order valence-electron chi connectivity index (χ0n) is 20.1. The van der Waals surface area contributed by atoms with Gasteiger partial charge in [-0.15, -0.1) is 0 Å². The maximum absolute atomic E-state index is 12.8. The summed E-state index contributed by atoms with van der Waals surface area (Å²) in [5.74, 6) is 1.42. The highest BCUT2D eigenvalue weighted by molar-refractivity contribution is 6.01. The third-order valence-electron chi connectivity index (χ3n) is 7.04. The maximum Gasteiger partial charge on any atom is 0.253 e. The Morgan fingerprint density at radius 1 is 1.03 bits per heavy atom. The molecule has 1 aliphatic carbocycles. The standard InChI is InChI=1S/C28H33N3O3/c1-19-5-9-23(10-6-19)28(33)30-14-22(15-30)16-31-17-25-20(2)24(11-12-26(25)29-31)27(32)4-3-13-34-18-21-7-8-21/h5-6,9-12,17,21-22H,3-4,7-8,13-16,18H2,1-2H3. The molecule has 0 unspecified atom stereocenters. The summed E-state index contributed by atoms with van der Waals surface area (Å²) in [7, 11) is 0. The molecular weight excluding hydrogens is 426 g/mol. The van der Waals surface area contributed by atoms with E-state index >= 15 is 0 Å². The first-order valence-corrected chi connectivity index (χ1v) is 12.4. The normalized spacial score (nSPS) is 16.1. The Kier molecular flexibility index (Phi) is 6.50. The van der Waals surface area contributed by atoms with Gasteiger partial charge in [0.15, 0.2) is 5.78 Å². The molecular formula is C28H33N3O3. The van der Waals surface area contributed by atoms with Crippen LogP contribution in [0.5, 0.6) is 0 Å². The number of aromatic nitrogens is 2. The zero-order valence-corrected chi connectivity index (χ0v) is 20.1. The Hall–Kier alpha value is -2.99. The Morgan fingerprint density at radius 3 is 2.53 bits per heavy atom. The molecule has 1 aromatic heterocycles. The Balaban J connectivity index is 1.15.